The monoisotopic (exact) mass is 292 g/mol. The Labute approximate surface area is 119 Å². The molecule has 106 valence electrons. The van der Waals surface area contributed by atoms with E-state index in [1.807, 2.05) is 6.92 Å². The van der Waals surface area contributed by atoms with Gasteiger partial charge in [0.05, 0.1) is 12.1 Å². The number of hydrogen-bond acceptors (Lipinski definition) is 6. The van der Waals surface area contributed by atoms with Gasteiger partial charge in [0.15, 0.2) is 0 Å². The normalized spacial score (nSPS) is 22.1. The summed E-state index contributed by atoms with van der Waals surface area (Å²) in [7, 11) is 0. The van der Waals surface area contributed by atoms with Crippen molar-refractivity contribution in [1.82, 2.24) is 19.5 Å². The SMILES string of the molecule is Cc1cc(=O)n2nc(CN3CC(O)(C4CC4)C3)sc2n1. The first kappa shape index (κ1) is 12.4. The predicted molar refractivity (Wildman–Crippen MR) is 74.8 cm³/mol. The van der Waals surface area contributed by atoms with Crippen LogP contribution in [-0.4, -0.2) is 43.3 Å². The fourth-order valence-electron chi connectivity index (χ4n) is 2.93. The first-order valence-corrected chi connectivity index (χ1v) is 7.66. The average Bonchev–Trinajstić information content (AvgIpc) is 3.10. The molecule has 3 heterocycles. The highest BCUT2D eigenvalue weighted by atomic mass is 32.1. The molecule has 0 aromatic carbocycles. The van der Waals surface area contributed by atoms with E-state index < -0.39 is 5.60 Å². The van der Waals surface area contributed by atoms with Gasteiger partial charge in [-0.1, -0.05) is 11.3 Å². The number of β-amino-alcohol motifs (C(OH)–C–C–N with tert-alkyl or cyclic N) is 1. The molecule has 20 heavy (non-hydrogen) atoms. The van der Waals surface area contributed by atoms with Crippen LogP contribution in [0, 0.1) is 12.8 Å². The highest BCUT2D eigenvalue weighted by Crippen LogP contribution is 2.44. The van der Waals surface area contributed by atoms with Crippen LogP contribution in [0.1, 0.15) is 23.5 Å². The number of aryl methyl sites for hydroxylation is 1. The van der Waals surface area contributed by atoms with Gasteiger partial charge in [0.25, 0.3) is 5.56 Å². The number of rotatable bonds is 3. The second-order valence-corrected chi connectivity index (χ2v) is 6.99. The van der Waals surface area contributed by atoms with Crippen LogP contribution in [0.25, 0.3) is 4.96 Å². The summed E-state index contributed by atoms with van der Waals surface area (Å²) in [6.45, 7) is 3.93. The first-order valence-electron chi connectivity index (χ1n) is 6.85. The van der Waals surface area contributed by atoms with E-state index in [9.17, 15) is 9.90 Å². The van der Waals surface area contributed by atoms with Crippen molar-refractivity contribution in [1.29, 1.82) is 0 Å². The van der Waals surface area contributed by atoms with Crippen molar-refractivity contribution >= 4 is 16.3 Å². The Morgan fingerprint density at radius 1 is 1.50 bits per heavy atom. The van der Waals surface area contributed by atoms with Crippen LogP contribution < -0.4 is 5.56 Å². The van der Waals surface area contributed by atoms with Crippen LogP contribution in [0.15, 0.2) is 10.9 Å². The predicted octanol–water partition coefficient (Wildman–Crippen LogP) is 0.416. The number of hydrogen-bond donors (Lipinski definition) is 1. The molecule has 6 nitrogen and oxygen atoms in total. The van der Waals surface area contributed by atoms with Crippen LogP contribution in [0.2, 0.25) is 0 Å². The van der Waals surface area contributed by atoms with Gasteiger partial charge < -0.3 is 5.11 Å². The Kier molecular flexibility index (Phi) is 2.55. The molecule has 0 amide bonds. The van der Waals surface area contributed by atoms with Crippen molar-refractivity contribution in [3.8, 4) is 0 Å². The molecule has 0 unspecified atom stereocenters. The third-order valence-electron chi connectivity index (χ3n) is 4.11. The molecule has 2 aromatic heterocycles. The van der Waals surface area contributed by atoms with Crippen molar-refractivity contribution < 1.29 is 5.11 Å². The van der Waals surface area contributed by atoms with Gasteiger partial charge >= 0.3 is 0 Å². The molecule has 0 atom stereocenters. The van der Waals surface area contributed by atoms with Crippen molar-refractivity contribution in [2.75, 3.05) is 13.1 Å². The Bertz CT molecular complexity index is 728. The van der Waals surface area contributed by atoms with Gasteiger partial charge in [-0.3, -0.25) is 9.69 Å². The van der Waals surface area contributed by atoms with Crippen LogP contribution >= 0.6 is 11.3 Å². The molecule has 2 aliphatic rings. The number of nitrogens with zero attached hydrogens (tertiary/aromatic N) is 4. The quantitative estimate of drug-likeness (QED) is 0.887. The van der Waals surface area contributed by atoms with Gasteiger partial charge in [0, 0.05) is 24.8 Å². The molecule has 0 spiro atoms. The van der Waals surface area contributed by atoms with E-state index in [0.717, 1.165) is 36.6 Å². The summed E-state index contributed by atoms with van der Waals surface area (Å²) in [4.78, 5) is 18.9. The minimum Gasteiger partial charge on any atom is -0.387 e. The molecular formula is C13H16N4O2S. The van der Waals surface area contributed by atoms with Gasteiger partial charge in [0.1, 0.15) is 5.01 Å². The van der Waals surface area contributed by atoms with Gasteiger partial charge in [-0.15, -0.1) is 0 Å². The molecule has 1 saturated heterocycles. The molecule has 2 aromatic rings. The Balaban J connectivity index is 1.52. The zero-order valence-corrected chi connectivity index (χ0v) is 12.1. The second kappa shape index (κ2) is 4.09. The summed E-state index contributed by atoms with van der Waals surface area (Å²) in [5, 5.41) is 15.5. The van der Waals surface area contributed by atoms with Crippen LogP contribution in [-0.2, 0) is 6.54 Å². The summed E-state index contributed by atoms with van der Waals surface area (Å²) < 4.78 is 1.36. The summed E-state index contributed by atoms with van der Waals surface area (Å²) in [6.07, 6.45) is 2.31. The molecule has 1 aliphatic heterocycles. The Hall–Kier alpha value is -1.31. The van der Waals surface area contributed by atoms with E-state index in [1.54, 1.807) is 0 Å². The lowest BCUT2D eigenvalue weighted by Crippen LogP contribution is -2.62. The zero-order chi connectivity index (χ0) is 13.9. The molecule has 2 fully saturated rings. The molecule has 0 radical (unpaired) electrons. The lowest BCUT2D eigenvalue weighted by Gasteiger charge is -2.46. The van der Waals surface area contributed by atoms with E-state index >= 15 is 0 Å². The standard InChI is InChI=1S/C13H16N4O2S/c1-8-4-11(18)17-12(14-8)20-10(15-17)5-16-6-13(19,7-16)9-2-3-9/h4,9,19H,2-3,5-7H2,1H3. The van der Waals surface area contributed by atoms with Gasteiger partial charge in [-0.25, -0.2) is 4.98 Å². The van der Waals surface area contributed by atoms with Gasteiger partial charge in [-0.2, -0.15) is 9.61 Å². The van der Waals surface area contributed by atoms with Crippen molar-refractivity contribution in [3.05, 3.63) is 27.1 Å². The maximum atomic E-state index is 11.8. The highest BCUT2D eigenvalue weighted by molar-refractivity contribution is 7.16. The van der Waals surface area contributed by atoms with E-state index in [0.29, 0.717) is 17.4 Å². The zero-order valence-electron chi connectivity index (χ0n) is 11.2. The molecule has 1 saturated carbocycles. The van der Waals surface area contributed by atoms with Crippen LogP contribution in [0.4, 0.5) is 0 Å². The fourth-order valence-corrected chi connectivity index (χ4v) is 3.92. The summed E-state index contributed by atoms with van der Waals surface area (Å²) in [5.41, 5.74) is 0.118. The second-order valence-electron chi connectivity index (χ2n) is 5.95. The summed E-state index contributed by atoms with van der Waals surface area (Å²) >= 11 is 1.44. The van der Waals surface area contributed by atoms with Crippen molar-refractivity contribution in [3.63, 3.8) is 0 Å². The first-order chi connectivity index (χ1) is 9.53. The van der Waals surface area contributed by atoms with Crippen molar-refractivity contribution in [2.45, 2.75) is 31.9 Å². The topological polar surface area (TPSA) is 70.7 Å². The maximum Gasteiger partial charge on any atom is 0.275 e. The summed E-state index contributed by atoms with van der Waals surface area (Å²) in [5.74, 6) is 0.501. The minimum atomic E-state index is -0.470. The van der Waals surface area contributed by atoms with Crippen LogP contribution in [0.3, 0.4) is 0 Å². The number of likely N-dealkylation sites (tertiary alicyclic amines) is 1. The van der Waals surface area contributed by atoms with E-state index in [1.165, 1.54) is 21.9 Å². The number of aliphatic hydroxyl groups is 1. The molecular weight excluding hydrogens is 276 g/mol. The minimum absolute atomic E-state index is 0.131. The number of aromatic nitrogens is 3. The molecule has 7 heteroatoms. The van der Waals surface area contributed by atoms with E-state index in [4.69, 9.17) is 0 Å². The molecule has 4 rings (SSSR count). The third kappa shape index (κ3) is 1.97. The molecule has 1 N–H and O–H groups in total. The van der Waals surface area contributed by atoms with Gasteiger partial charge in [0.2, 0.25) is 4.96 Å². The fraction of sp³-hybridized carbons (Fsp3) is 0.615. The van der Waals surface area contributed by atoms with Crippen molar-refractivity contribution in [2.24, 2.45) is 5.92 Å². The summed E-state index contributed by atoms with van der Waals surface area (Å²) in [6, 6.07) is 1.49. The molecule has 1 aliphatic carbocycles. The van der Waals surface area contributed by atoms with Gasteiger partial charge in [-0.05, 0) is 25.7 Å². The maximum absolute atomic E-state index is 11.8. The largest absolute Gasteiger partial charge is 0.387 e. The van der Waals surface area contributed by atoms with Crippen LogP contribution in [0.5, 0.6) is 0 Å². The number of fused-ring (bicyclic) bond motifs is 1. The lowest BCUT2D eigenvalue weighted by molar-refractivity contribution is -0.116. The van der Waals surface area contributed by atoms with E-state index in [-0.39, 0.29) is 5.56 Å². The smallest absolute Gasteiger partial charge is 0.275 e. The highest BCUT2D eigenvalue weighted by Gasteiger charge is 2.51. The Morgan fingerprint density at radius 3 is 2.95 bits per heavy atom. The average molecular weight is 292 g/mol. The lowest BCUT2D eigenvalue weighted by atomic mass is 9.89. The third-order valence-corrected chi connectivity index (χ3v) is 5.00. The van der Waals surface area contributed by atoms with E-state index in [2.05, 4.69) is 15.0 Å². The molecule has 0 bridgehead atoms. The Morgan fingerprint density at radius 2 is 2.25 bits per heavy atom.